The van der Waals surface area contributed by atoms with Gasteiger partial charge in [-0.15, -0.1) is 0 Å². The van der Waals surface area contributed by atoms with Crippen molar-refractivity contribution in [1.82, 2.24) is 9.80 Å². The zero-order valence-electron chi connectivity index (χ0n) is 12.4. The molecule has 1 unspecified atom stereocenters. The summed E-state index contributed by atoms with van der Waals surface area (Å²) in [4.78, 5) is 26.3. The summed E-state index contributed by atoms with van der Waals surface area (Å²) >= 11 is 1.72. The van der Waals surface area contributed by atoms with E-state index >= 15 is 0 Å². The maximum Gasteiger partial charge on any atom is 0.329 e. The van der Waals surface area contributed by atoms with Crippen molar-refractivity contribution in [1.29, 1.82) is 0 Å². The Morgan fingerprint density at radius 2 is 2.05 bits per heavy atom. The van der Waals surface area contributed by atoms with Crippen molar-refractivity contribution in [3.63, 3.8) is 0 Å². The van der Waals surface area contributed by atoms with E-state index in [-0.39, 0.29) is 24.8 Å². The van der Waals surface area contributed by atoms with Crippen LogP contribution in [0.2, 0.25) is 0 Å². The lowest BCUT2D eigenvalue weighted by Gasteiger charge is -2.36. The lowest BCUT2D eigenvalue weighted by molar-refractivity contribution is -0.145. The number of thioether (sulfide) groups is 1. The zero-order chi connectivity index (χ0) is 15.1. The largest absolute Gasteiger partial charge is 0.480 e. The van der Waals surface area contributed by atoms with Crippen LogP contribution in [0.5, 0.6) is 0 Å². The maximum absolute atomic E-state index is 12.3. The van der Waals surface area contributed by atoms with Crippen LogP contribution in [-0.4, -0.2) is 77.8 Å². The summed E-state index contributed by atoms with van der Waals surface area (Å²) in [5, 5.41) is 8.57. The predicted molar refractivity (Wildman–Crippen MR) is 79.2 cm³/mol. The number of carbonyl (C=O) groups is 2. The fourth-order valence-electron chi connectivity index (χ4n) is 2.17. The summed E-state index contributed by atoms with van der Waals surface area (Å²) in [6.07, 6.45) is 3.37. The molecule has 1 saturated heterocycles. The molecule has 116 valence electrons. The normalized spacial score (nSPS) is 17.9. The molecule has 6 nitrogen and oxygen atoms in total. The van der Waals surface area contributed by atoms with E-state index in [9.17, 15) is 9.59 Å². The van der Waals surface area contributed by atoms with Gasteiger partial charge < -0.3 is 19.6 Å². The topological polar surface area (TPSA) is 70.1 Å². The van der Waals surface area contributed by atoms with Gasteiger partial charge in [0, 0.05) is 31.9 Å². The molecule has 7 heteroatoms. The smallest absolute Gasteiger partial charge is 0.329 e. The summed E-state index contributed by atoms with van der Waals surface area (Å²) in [5.74, 6) is -0.0328. The summed E-state index contributed by atoms with van der Waals surface area (Å²) in [6.45, 7) is 3.03. The molecule has 0 aliphatic carbocycles. The number of urea groups is 1. The summed E-state index contributed by atoms with van der Waals surface area (Å²) in [5.41, 5.74) is 0. The standard InChI is InChI=1S/C13H24N2O4S/c1-10(9-20-3)14(2)13(18)15-6-4-11(5-7-15)19-8-12(16)17/h10-11H,4-9H2,1-3H3,(H,16,17). The molecule has 1 N–H and O–H groups in total. The Kier molecular flexibility index (Phi) is 7.15. The van der Waals surface area contributed by atoms with Crippen LogP contribution >= 0.6 is 11.8 Å². The van der Waals surface area contributed by atoms with E-state index in [1.54, 1.807) is 16.7 Å². The second-order valence-corrected chi connectivity index (χ2v) is 6.00. The van der Waals surface area contributed by atoms with Crippen LogP contribution in [0.4, 0.5) is 4.79 Å². The molecule has 0 radical (unpaired) electrons. The number of hydrogen-bond donors (Lipinski definition) is 1. The Bertz CT molecular complexity index is 332. The number of nitrogens with zero attached hydrogens (tertiary/aromatic N) is 2. The molecule has 0 saturated carbocycles. The zero-order valence-corrected chi connectivity index (χ0v) is 13.2. The van der Waals surface area contributed by atoms with Crippen LogP contribution in [0.3, 0.4) is 0 Å². The van der Waals surface area contributed by atoms with Crippen LogP contribution < -0.4 is 0 Å². The van der Waals surface area contributed by atoms with Gasteiger partial charge in [-0.05, 0) is 26.0 Å². The van der Waals surface area contributed by atoms with E-state index in [0.717, 1.165) is 5.75 Å². The van der Waals surface area contributed by atoms with Gasteiger partial charge in [0.2, 0.25) is 0 Å². The minimum atomic E-state index is -0.950. The van der Waals surface area contributed by atoms with Crippen molar-refractivity contribution in [3.8, 4) is 0 Å². The minimum Gasteiger partial charge on any atom is -0.480 e. The summed E-state index contributed by atoms with van der Waals surface area (Å²) in [7, 11) is 1.83. The van der Waals surface area contributed by atoms with Crippen LogP contribution in [0.1, 0.15) is 19.8 Å². The van der Waals surface area contributed by atoms with Gasteiger partial charge in [0.05, 0.1) is 6.10 Å². The Balaban J connectivity index is 2.36. The van der Waals surface area contributed by atoms with E-state index in [1.165, 1.54) is 0 Å². The second-order valence-electron chi connectivity index (χ2n) is 5.09. The number of hydrogen-bond acceptors (Lipinski definition) is 4. The third-order valence-electron chi connectivity index (χ3n) is 3.53. The van der Waals surface area contributed by atoms with E-state index in [2.05, 4.69) is 0 Å². The molecule has 1 fully saturated rings. The summed E-state index contributed by atoms with van der Waals surface area (Å²) < 4.78 is 5.26. The first kappa shape index (κ1) is 17.1. The van der Waals surface area contributed by atoms with Crippen molar-refractivity contribution in [2.75, 3.05) is 38.8 Å². The van der Waals surface area contributed by atoms with Gasteiger partial charge in [-0.3, -0.25) is 0 Å². The molecule has 0 spiro atoms. The van der Waals surface area contributed by atoms with Gasteiger partial charge >= 0.3 is 12.0 Å². The molecular weight excluding hydrogens is 280 g/mol. The molecular formula is C13H24N2O4S. The highest BCUT2D eigenvalue weighted by Crippen LogP contribution is 2.16. The third kappa shape index (κ3) is 5.20. The lowest BCUT2D eigenvalue weighted by Crippen LogP contribution is -2.49. The van der Waals surface area contributed by atoms with E-state index < -0.39 is 5.97 Å². The van der Waals surface area contributed by atoms with Crippen molar-refractivity contribution in [2.24, 2.45) is 0 Å². The molecule has 0 aromatic rings. The van der Waals surface area contributed by atoms with Crippen LogP contribution in [-0.2, 0) is 9.53 Å². The van der Waals surface area contributed by atoms with Gasteiger partial charge in [-0.1, -0.05) is 0 Å². The van der Waals surface area contributed by atoms with Crippen molar-refractivity contribution < 1.29 is 19.4 Å². The number of carboxylic acid groups (broad SMARTS) is 1. The van der Waals surface area contributed by atoms with Gasteiger partial charge in [0.15, 0.2) is 0 Å². The average molecular weight is 304 g/mol. The Hall–Kier alpha value is -0.950. The van der Waals surface area contributed by atoms with Gasteiger partial charge in [-0.25, -0.2) is 9.59 Å². The van der Waals surface area contributed by atoms with Crippen LogP contribution in [0.15, 0.2) is 0 Å². The molecule has 1 aliphatic rings. The highest BCUT2D eigenvalue weighted by Gasteiger charge is 2.27. The molecule has 0 aromatic carbocycles. The molecule has 1 rings (SSSR count). The van der Waals surface area contributed by atoms with Crippen LogP contribution in [0.25, 0.3) is 0 Å². The Labute approximate surface area is 124 Å². The number of aliphatic carboxylic acids is 1. The van der Waals surface area contributed by atoms with Crippen molar-refractivity contribution in [3.05, 3.63) is 0 Å². The first-order valence-electron chi connectivity index (χ1n) is 6.79. The second kappa shape index (κ2) is 8.36. The molecule has 1 heterocycles. The molecule has 20 heavy (non-hydrogen) atoms. The highest BCUT2D eigenvalue weighted by atomic mass is 32.2. The number of amides is 2. The van der Waals surface area contributed by atoms with E-state index in [0.29, 0.717) is 25.9 Å². The van der Waals surface area contributed by atoms with E-state index in [4.69, 9.17) is 9.84 Å². The molecule has 1 atom stereocenters. The highest BCUT2D eigenvalue weighted by molar-refractivity contribution is 7.98. The first-order valence-corrected chi connectivity index (χ1v) is 8.19. The van der Waals surface area contributed by atoms with Crippen molar-refractivity contribution >= 4 is 23.8 Å². The van der Waals surface area contributed by atoms with Crippen molar-refractivity contribution in [2.45, 2.75) is 31.9 Å². The Morgan fingerprint density at radius 1 is 1.45 bits per heavy atom. The number of ether oxygens (including phenoxy) is 1. The fraction of sp³-hybridized carbons (Fsp3) is 0.846. The number of carboxylic acids is 1. The minimum absolute atomic E-state index is 0.0447. The van der Waals surface area contributed by atoms with Crippen LogP contribution in [0, 0.1) is 0 Å². The first-order chi connectivity index (χ1) is 9.45. The van der Waals surface area contributed by atoms with Gasteiger partial charge in [0.25, 0.3) is 0 Å². The fourth-order valence-corrected chi connectivity index (χ4v) is 2.87. The number of piperidine rings is 1. The Morgan fingerprint density at radius 3 is 2.55 bits per heavy atom. The predicted octanol–water partition coefficient (Wildman–Crippen LogP) is 1.36. The molecule has 0 bridgehead atoms. The molecule has 2 amide bonds. The number of carbonyl (C=O) groups excluding carboxylic acids is 1. The number of likely N-dealkylation sites (tertiary alicyclic amines) is 1. The maximum atomic E-state index is 12.3. The number of rotatable bonds is 6. The lowest BCUT2D eigenvalue weighted by atomic mass is 10.1. The van der Waals surface area contributed by atoms with Gasteiger partial charge in [-0.2, -0.15) is 11.8 Å². The SMILES string of the molecule is CSCC(C)N(C)C(=O)N1CCC(OCC(=O)O)CC1. The molecule has 0 aromatic heterocycles. The van der Waals surface area contributed by atoms with Gasteiger partial charge in [0.1, 0.15) is 6.61 Å². The monoisotopic (exact) mass is 304 g/mol. The third-order valence-corrected chi connectivity index (χ3v) is 4.34. The average Bonchev–Trinajstić information content (AvgIpc) is 2.44. The quantitative estimate of drug-likeness (QED) is 0.802. The summed E-state index contributed by atoms with van der Waals surface area (Å²) in [6, 6.07) is 0.252. The van der Waals surface area contributed by atoms with E-state index in [1.807, 2.05) is 25.1 Å². The molecule has 1 aliphatic heterocycles.